The molecule has 1 N–H and O–H groups in total. The van der Waals surface area contributed by atoms with Crippen molar-refractivity contribution in [2.75, 3.05) is 13.2 Å². The predicted molar refractivity (Wildman–Crippen MR) is 132 cm³/mol. The number of nitrogens with zero attached hydrogens (tertiary/aromatic N) is 3. The number of carbonyl (C=O) groups is 2. The van der Waals surface area contributed by atoms with E-state index in [1.165, 1.54) is 0 Å². The molecule has 1 amide bonds. The molecule has 0 atom stereocenters. The summed E-state index contributed by atoms with van der Waals surface area (Å²) in [7, 11) is 0. The van der Waals surface area contributed by atoms with Crippen molar-refractivity contribution in [2.24, 2.45) is 0 Å². The van der Waals surface area contributed by atoms with Crippen molar-refractivity contribution in [2.45, 2.75) is 13.3 Å². The van der Waals surface area contributed by atoms with Crippen LogP contribution in [-0.2, 0) is 9.59 Å². The van der Waals surface area contributed by atoms with E-state index in [1.54, 1.807) is 10.8 Å². The van der Waals surface area contributed by atoms with Crippen LogP contribution in [-0.4, -0.2) is 49.1 Å². The molecule has 4 rings (SSSR count). The molecule has 0 bridgehead atoms. The molecule has 2 heterocycles. The van der Waals surface area contributed by atoms with Crippen molar-refractivity contribution in [1.82, 2.24) is 14.7 Å². The van der Waals surface area contributed by atoms with E-state index in [1.807, 2.05) is 67.7 Å². The van der Waals surface area contributed by atoms with Crippen LogP contribution in [0.15, 0.2) is 65.7 Å². The number of thioether (sulfide) groups is 1. The lowest BCUT2D eigenvalue weighted by molar-refractivity contribution is -0.140. The van der Waals surface area contributed by atoms with Crippen LogP contribution in [0.3, 0.4) is 0 Å². The Balaban J connectivity index is 1.77. The summed E-state index contributed by atoms with van der Waals surface area (Å²) in [6, 6.07) is 17.3. The van der Waals surface area contributed by atoms with Crippen LogP contribution in [0.1, 0.15) is 18.9 Å². The lowest BCUT2D eigenvalue weighted by Gasteiger charge is -2.10. The molecule has 1 aliphatic heterocycles. The van der Waals surface area contributed by atoms with Gasteiger partial charge in [-0.3, -0.25) is 14.5 Å². The van der Waals surface area contributed by atoms with Gasteiger partial charge >= 0.3 is 5.97 Å². The SMILES string of the molecule is CCCOc1cccc(-c2nn(-c3ccccc3)cc2C=C2SC(=S)N(CC(=O)O)C2=O)c1. The van der Waals surface area contributed by atoms with Gasteiger partial charge in [0.05, 0.1) is 17.2 Å². The number of para-hydroxylation sites is 1. The number of carboxylic acids is 1. The minimum absolute atomic E-state index is 0.223. The molecule has 1 aliphatic rings. The Morgan fingerprint density at radius 1 is 1.21 bits per heavy atom. The van der Waals surface area contributed by atoms with E-state index in [4.69, 9.17) is 27.2 Å². The zero-order chi connectivity index (χ0) is 23.4. The summed E-state index contributed by atoms with van der Waals surface area (Å²) in [6.07, 6.45) is 4.45. The average molecular weight is 480 g/mol. The van der Waals surface area contributed by atoms with E-state index in [9.17, 15) is 9.59 Å². The maximum Gasteiger partial charge on any atom is 0.323 e. The fourth-order valence-corrected chi connectivity index (χ4v) is 4.54. The Morgan fingerprint density at radius 2 is 2.00 bits per heavy atom. The van der Waals surface area contributed by atoms with Crippen LogP contribution in [0.2, 0.25) is 0 Å². The van der Waals surface area contributed by atoms with E-state index < -0.39 is 18.4 Å². The Bertz CT molecular complexity index is 1240. The first-order valence-corrected chi connectivity index (χ1v) is 11.5. The van der Waals surface area contributed by atoms with E-state index in [2.05, 4.69) is 0 Å². The van der Waals surface area contributed by atoms with Crippen LogP contribution in [0.4, 0.5) is 0 Å². The van der Waals surface area contributed by atoms with E-state index >= 15 is 0 Å². The number of thiocarbonyl (C=S) groups is 1. The summed E-state index contributed by atoms with van der Waals surface area (Å²) >= 11 is 6.31. The van der Waals surface area contributed by atoms with Gasteiger partial charge in [-0.1, -0.05) is 61.2 Å². The number of hydrogen-bond donors (Lipinski definition) is 1. The molecule has 33 heavy (non-hydrogen) atoms. The van der Waals surface area contributed by atoms with Gasteiger partial charge in [0.1, 0.15) is 22.3 Å². The monoisotopic (exact) mass is 479 g/mol. The normalized spacial score (nSPS) is 14.8. The molecule has 3 aromatic rings. The number of aliphatic carboxylic acids is 1. The van der Waals surface area contributed by atoms with Crippen molar-refractivity contribution in [3.8, 4) is 22.7 Å². The third-order valence-electron chi connectivity index (χ3n) is 4.80. The second kappa shape index (κ2) is 10.0. The number of carbonyl (C=O) groups excluding carboxylic acids is 1. The second-order valence-electron chi connectivity index (χ2n) is 7.25. The zero-order valence-corrected chi connectivity index (χ0v) is 19.4. The Hall–Kier alpha value is -3.43. The quantitative estimate of drug-likeness (QED) is 0.373. The van der Waals surface area contributed by atoms with Gasteiger partial charge in [0.15, 0.2) is 0 Å². The number of carboxylic acid groups (broad SMARTS) is 1. The van der Waals surface area contributed by atoms with Gasteiger partial charge in [-0.15, -0.1) is 0 Å². The molecule has 168 valence electrons. The van der Waals surface area contributed by atoms with E-state index in [0.29, 0.717) is 22.8 Å². The lowest BCUT2D eigenvalue weighted by atomic mass is 10.1. The zero-order valence-electron chi connectivity index (χ0n) is 17.8. The fraction of sp³-hybridized carbons (Fsp3) is 0.167. The molecular formula is C24H21N3O4S2. The van der Waals surface area contributed by atoms with Crippen LogP contribution in [0, 0.1) is 0 Å². The maximum atomic E-state index is 12.8. The molecule has 9 heteroatoms. The highest BCUT2D eigenvalue weighted by Gasteiger charge is 2.33. The van der Waals surface area contributed by atoms with Gasteiger partial charge in [0, 0.05) is 17.3 Å². The minimum Gasteiger partial charge on any atom is -0.494 e. The predicted octanol–water partition coefficient (Wildman–Crippen LogP) is 4.61. The molecule has 0 aliphatic carbocycles. The Kier molecular flexibility index (Phi) is 6.90. The standard InChI is InChI=1S/C24H21N3O4S2/c1-2-11-31-19-10-6-7-16(12-19)22-17(14-27(25-22)18-8-4-3-5-9-18)13-20-23(30)26(15-21(28)29)24(32)33-20/h3-10,12-14H,2,11,15H2,1H3,(H,28,29). The molecule has 7 nitrogen and oxygen atoms in total. The topological polar surface area (TPSA) is 84.7 Å². The number of ether oxygens (including phenoxy) is 1. The number of amides is 1. The third-order valence-corrected chi connectivity index (χ3v) is 6.17. The largest absolute Gasteiger partial charge is 0.494 e. The van der Waals surface area contributed by atoms with Gasteiger partial charge in [-0.05, 0) is 36.8 Å². The first-order chi connectivity index (χ1) is 16.0. The van der Waals surface area contributed by atoms with Crippen LogP contribution in [0.5, 0.6) is 5.75 Å². The second-order valence-corrected chi connectivity index (χ2v) is 8.93. The highest BCUT2D eigenvalue weighted by molar-refractivity contribution is 8.26. The van der Waals surface area contributed by atoms with Crippen LogP contribution >= 0.6 is 24.0 Å². The Morgan fingerprint density at radius 3 is 2.73 bits per heavy atom. The maximum absolute atomic E-state index is 12.8. The average Bonchev–Trinajstić information content (AvgIpc) is 3.35. The summed E-state index contributed by atoms with van der Waals surface area (Å²) in [5.74, 6) is -0.804. The molecule has 0 unspecified atom stereocenters. The number of aromatic nitrogens is 2. The van der Waals surface area contributed by atoms with E-state index in [0.717, 1.165) is 40.1 Å². The summed E-state index contributed by atoms with van der Waals surface area (Å²) < 4.78 is 7.75. The first kappa shape index (κ1) is 22.8. The molecule has 0 spiro atoms. The Labute approximate surface area is 200 Å². The fourth-order valence-electron chi connectivity index (χ4n) is 3.30. The first-order valence-electron chi connectivity index (χ1n) is 10.3. The van der Waals surface area contributed by atoms with Gasteiger partial charge in [0.25, 0.3) is 5.91 Å². The molecule has 2 aromatic carbocycles. The van der Waals surface area contributed by atoms with Crippen molar-refractivity contribution >= 4 is 46.3 Å². The van der Waals surface area contributed by atoms with Crippen molar-refractivity contribution in [1.29, 1.82) is 0 Å². The van der Waals surface area contributed by atoms with Crippen molar-refractivity contribution < 1.29 is 19.4 Å². The number of rotatable bonds is 8. The smallest absolute Gasteiger partial charge is 0.323 e. The van der Waals surface area contributed by atoms with Gasteiger partial charge in [-0.25, -0.2) is 4.68 Å². The number of benzene rings is 2. The highest BCUT2D eigenvalue weighted by atomic mass is 32.2. The summed E-state index contributed by atoms with van der Waals surface area (Å²) in [5, 5.41) is 13.9. The van der Waals surface area contributed by atoms with Crippen molar-refractivity contribution in [3.63, 3.8) is 0 Å². The van der Waals surface area contributed by atoms with Gasteiger partial charge < -0.3 is 9.84 Å². The molecular weight excluding hydrogens is 458 g/mol. The van der Waals surface area contributed by atoms with Gasteiger partial charge in [0.2, 0.25) is 0 Å². The lowest BCUT2D eigenvalue weighted by Crippen LogP contribution is -2.33. The van der Waals surface area contributed by atoms with Crippen molar-refractivity contribution in [3.05, 3.63) is 71.3 Å². The summed E-state index contributed by atoms with van der Waals surface area (Å²) in [4.78, 5) is 25.3. The number of hydrogen-bond acceptors (Lipinski definition) is 6. The highest BCUT2D eigenvalue weighted by Crippen LogP contribution is 2.35. The molecule has 1 fully saturated rings. The molecule has 0 radical (unpaired) electrons. The molecule has 1 aromatic heterocycles. The van der Waals surface area contributed by atoms with Crippen LogP contribution < -0.4 is 4.74 Å². The minimum atomic E-state index is -1.12. The molecule has 1 saturated heterocycles. The summed E-state index contributed by atoms with van der Waals surface area (Å²) in [6.45, 7) is 2.19. The van der Waals surface area contributed by atoms with Gasteiger partial charge in [-0.2, -0.15) is 5.10 Å². The van der Waals surface area contributed by atoms with Crippen LogP contribution in [0.25, 0.3) is 23.0 Å². The third kappa shape index (κ3) is 5.15. The van der Waals surface area contributed by atoms with E-state index in [-0.39, 0.29) is 4.32 Å². The summed E-state index contributed by atoms with van der Waals surface area (Å²) in [5.41, 5.74) is 3.09. The molecule has 0 saturated carbocycles.